The van der Waals surface area contributed by atoms with Crippen LogP contribution >= 0.6 is 0 Å². The van der Waals surface area contributed by atoms with Crippen LogP contribution < -0.4 is 4.90 Å². The SMILES string of the molecule is CCOCCN(CCC#N)c1cccc(C)c1. The van der Waals surface area contributed by atoms with E-state index in [2.05, 4.69) is 36.1 Å². The van der Waals surface area contributed by atoms with Gasteiger partial charge in [0.15, 0.2) is 0 Å². The van der Waals surface area contributed by atoms with Crippen molar-refractivity contribution in [1.82, 2.24) is 0 Å². The molecule has 1 aromatic carbocycles. The smallest absolute Gasteiger partial charge is 0.0641 e. The molecule has 0 aromatic heterocycles. The Hall–Kier alpha value is -1.53. The molecule has 0 bridgehead atoms. The van der Waals surface area contributed by atoms with Crippen LogP contribution in [0, 0.1) is 18.3 Å². The second-order valence-corrected chi connectivity index (χ2v) is 3.93. The summed E-state index contributed by atoms with van der Waals surface area (Å²) in [6, 6.07) is 10.5. The minimum Gasteiger partial charge on any atom is -0.380 e. The molecule has 0 spiro atoms. The van der Waals surface area contributed by atoms with E-state index in [0.29, 0.717) is 13.0 Å². The fourth-order valence-electron chi connectivity index (χ4n) is 1.70. The van der Waals surface area contributed by atoms with Crippen LogP contribution in [0.2, 0.25) is 0 Å². The molecule has 0 unspecified atom stereocenters. The minimum absolute atomic E-state index is 0.542. The van der Waals surface area contributed by atoms with Crippen molar-refractivity contribution in [3.63, 3.8) is 0 Å². The summed E-state index contributed by atoms with van der Waals surface area (Å²) in [4.78, 5) is 2.20. The van der Waals surface area contributed by atoms with E-state index >= 15 is 0 Å². The highest BCUT2D eigenvalue weighted by atomic mass is 16.5. The van der Waals surface area contributed by atoms with Gasteiger partial charge in [0.1, 0.15) is 0 Å². The number of rotatable bonds is 7. The van der Waals surface area contributed by atoms with Crippen molar-refractivity contribution >= 4 is 5.69 Å². The molecular formula is C14H20N2O. The van der Waals surface area contributed by atoms with E-state index < -0.39 is 0 Å². The average molecular weight is 232 g/mol. The Balaban J connectivity index is 2.64. The molecule has 92 valence electrons. The van der Waals surface area contributed by atoms with Crippen molar-refractivity contribution in [2.75, 3.05) is 31.2 Å². The lowest BCUT2D eigenvalue weighted by atomic mass is 10.2. The number of anilines is 1. The predicted molar refractivity (Wildman–Crippen MR) is 70.1 cm³/mol. The Kier molecular flexibility index (Phi) is 6.13. The maximum absolute atomic E-state index is 8.68. The number of nitriles is 1. The first-order chi connectivity index (χ1) is 8.27. The number of hydrogen-bond acceptors (Lipinski definition) is 3. The van der Waals surface area contributed by atoms with Crippen LogP contribution in [0.5, 0.6) is 0 Å². The molecule has 3 nitrogen and oxygen atoms in total. The van der Waals surface area contributed by atoms with E-state index in [0.717, 1.165) is 19.7 Å². The van der Waals surface area contributed by atoms with Gasteiger partial charge >= 0.3 is 0 Å². The van der Waals surface area contributed by atoms with E-state index in [1.807, 2.05) is 13.0 Å². The van der Waals surface area contributed by atoms with Crippen LogP contribution in [-0.2, 0) is 4.74 Å². The lowest BCUT2D eigenvalue weighted by Crippen LogP contribution is -2.28. The third kappa shape index (κ3) is 4.88. The van der Waals surface area contributed by atoms with Gasteiger partial charge in [-0.3, -0.25) is 0 Å². The second-order valence-electron chi connectivity index (χ2n) is 3.93. The zero-order valence-electron chi connectivity index (χ0n) is 10.6. The summed E-state index contributed by atoms with van der Waals surface area (Å²) in [5.74, 6) is 0. The molecule has 0 atom stereocenters. The van der Waals surface area contributed by atoms with E-state index in [4.69, 9.17) is 10.00 Å². The zero-order valence-corrected chi connectivity index (χ0v) is 10.6. The van der Waals surface area contributed by atoms with E-state index in [1.54, 1.807) is 0 Å². The molecule has 0 N–H and O–H groups in total. The molecule has 0 saturated carbocycles. The van der Waals surface area contributed by atoms with Gasteiger partial charge in [0, 0.05) is 25.4 Å². The van der Waals surface area contributed by atoms with Crippen LogP contribution in [0.1, 0.15) is 18.9 Å². The van der Waals surface area contributed by atoms with Crippen molar-refractivity contribution in [3.05, 3.63) is 29.8 Å². The highest BCUT2D eigenvalue weighted by Gasteiger charge is 2.05. The molecule has 0 fully saturated rings. The number of nitrogens with zero attached hydrogens (tertiary/aromatic N) is 2. The first-order valence-corrected chi connectivity index (χ1v) is 6.04. The Morgan fingerprint density at radius 2 is 2.18 bits per heavy atom. The zero-order chi connectivity index (χ0) is 12.5. The molecule has 0 aliphatic carbocycles. The number of hydrogen-bond donors (Lipinski definition) is 0. The Morgan fingerprint density at radius 1 is 1.35 bits per heavy atom. The standard InChI is InChI=1S/C14H20N2O/c1-3-17-11-10-16(9-5-8-15)14-7-4-6-13(2)12-14/h4,6-7,12H,3,5,9-11H2,1-2H3. The van der Waals surface area contributed by atoms with Crippen LogP contribution in [0.4, 0.5) is 5.69 Å². The van der Waals surface area contributed by atoms with Crippen molar-refractivity contribution in [3.8, 4) is 6.07 Å². The summed E-state index contributed by atoms with van der Waals surface area (Å²) in [5, 5.41) is 8.68. The van der Waals surface area contributed by atoms with Crippen LogP contribution in [0.25, 0.3) is 0 Å². The molecule has 0 radical (unpaired) electrons. The van der Waals surface area contributed by atoms with Crippen molar-refractivity contribution in [1.29, 1.82) is 5.26 Å². The highest BCUT2D eigenvalue weighted by molar-refractivity contribution is 5.48. The van der Waals surface area contributed by atoms with Crippen LogP contribution in [-0.4, -0.2) is 26.3 Å². The Bertz CT molecular complexity index is 371. The van der Waals surface area contributed by atoms with E-state index in [9.17, 15) is 0 Å². The maximum atomic E-state index is 8.68. The van der Waals surface area contributed by atoms with Gasteiger partial charge in [0.2, 0.25) is 0 Å². The largest absolute Gasteiger partial charge is 0.380 e. The molecule has 0 heterocycles. The quantitative estimate of drug-likeness (QED) is 0.678. The van der Waals surface area contributed by atoms with Crippen molar-refractivity contribution in [2.45, 2.75) is 20.3 Å². The summed E-state index contributed by atoms with van der Waals surface area (Å²) in [5.41, 5.74) is 2.40. The van der Waals surface area contributed by atoms with E-state index in [1.165, 1.54) is 11.3 Å². The Morgan fingerprint density at radius 3 is 2.82 bits per heavy atom. The topological polar surface area (TPSA) is 36.3 Å². The second kappa shape index (κ2) is 7.70. The van der Waals surface area contributed by atoms with Crippen LogP contribution in [0.15, 0.2) is 24.3 Å². The molecule has 17 heavy (non-hydrogen) atoms. The monoisotopic (exact) mass is 232 g/mol. The number of aryl methyl sites for hydroxylation is 1. The molecule has 0 aliphatic heterocycles. The van der Waals surface area contributed by atoms with Crippen molar-refractivity contribution in [2.24, 2.45) is 0 Å². The summed E-state index contributed by atoms with van der Waals surface area (Å²) in [6.45, 7) is 7.10. The van der Waals surface area contributed by atoms with Gasteiger partial charge in [-0.05, 0) is 31.5 Å². The van der Waals surface area contributed by atoms with Gasteiger partial charge < -0.3 is 9.64 Å². The molecular weight excluding hydrogens is 212 g/mol. The lowest BCUT2D eigenvalue weighted by Gasteiger charge is -2.24. The maximum Gasteiger partial charge on any atom is 0.0641 e. The number of benzene rings is 1. The molecule has 0 aliphatic rings. The average Bonchev–Trinajstić information content (AvgIpc) is 2.33. The fraction of sp³-hybridized carbons (Fsp3) is 0.500. The summed E-state index contributed by atoms with van der Waals surface area (Å²) in [7, 11) is 0. The summed E-state index contributed by atoms with van der Waals surface area (Å²) in [6.07, 6.45) is 0.542. The Labute approximate surface area is 104 Å². The summed E-state index contributed by atoms with van der Waals surface area (Å²) >= 11 is 0. The van der Waals surface area contributed by atoms with Gasteiger partial charge in [0.05, 0.1) is 19.1 Å². The first-order valence-electron chi connectivity index (χ1n) is 6.04. The number of ether oxygens (including phenoxy) is 1. The van der Waals surface area contributed by atoms with Gasteiger partial charge in [-0.15, -0.1) is 0 Å². The van der Waals surface area contributed by atoms with Crippen molar-refractivity contribution < 1.29 is 4.74 Å². The molecule has 0 amide bonds. The first kappa shape index (κ1) is 13.5. The van der Waals surface area contributed by atoms with E-state index in [-0.39, 0.29) is 0 Å². The lowest BCUT2D eigenvalue weighted by molar-refractivity contribution is 0.154. The molecule has 3 heteroatoms. The normalized spacial score (nSPS) is 9.94. The molecule has 0 saturated heterocycles. The third-order valence-electron chi connectivity index (χ3n) is 2.57. The van der Waals surface area contributed by atoms with Gasteiger partial charge in [-0.25, -0.2) is 0 Å². The molecule has 1 aromatic rings. The van der Waals surface area contributed by atoms with Crippen LogP contribution in [0.3, 0.4) is 0 Å². The van der Waals surface area contributed by atoms with Gasteiger partial charge in [-0.1, -0.05) is 12.1 Å². The van der Waals surface area contributed by atoms with Gasteiger partial charge in [-0.2, -0.15) is 5.26 Å². The summed E-state index contributed by atoms with van der Waals surface area (Å²) < 4.78 is 5.37. The molecule has 1 rings (SSSR count). The fourth-order valence-corrected chi connectivity index (χ4v) is 1.70. The van der Waals surface area contributed by atoms with Gasteiger partial charge in [0.25, 0.3) is 0 Å². The third-order valence-corrected chi connectivity index (χ3v) is 2.57. The predicted octanol–water partition coefficient (Wildman–Crippen LogP) is 2.75. The highest BCUT2D eigenvalue weighted by Crippen LogP contribution is 2.15. The minimum atomic E-state index is 0.542.